The first-order chi connectivity index (χ1) is 13.9. The molecule has 3 aromatic heterocycles. The molecule has 3 heterocycles. The number of rotatable bonds is 4. The largest absolute Gasteiger partial charge is 0.385 e. The second-order valence-electron chi connectivity index (χ2n) is 7.77. The third kappa shape index (κ3) is 3.00. The van der Waals surface area contributed by atoms with E-state index in [0.717, 1.165) is 29.0 Å². The lowest BCUT2D eigenvalue weighted by molar-refractivity contribution is 0.186. The van der Waals surface area contributed by atoms with Crippen LogP contribution in [0.1, 0.15) is 60.3 Å². The highest BCUT2D eigenvalue weighted by atomic mass is 16.3. The van der Waals surface area contributed by atoms with Crippen molar-refractivity contribution in [2.75, 3.05) is 0 Å². The van der Waals surface area contributed by atoms with Crippen molar-refractivity contribution in [1.29, 1.82) is 0 Å². The summed E-state index contributed by atoms with van der Waals surface area (Å²) < 4.78 is 3.80. The van der Waals surface area contributed by atoms with Crippen molar-refractivity contribution >= 4 is 11.0 Å². The molecule has 0 amide bonds. The third-order valence-corrected chi connectivity index (χ3v) is 5.50. The third-order valence-electron chi connectivity index (χ3n) is 5.50. The van der Waals surface area contributed by atoms with Gasteiger partial charge in [0.05, 0.1) is 16.7 Å². The second kappa shape index (κ2) is 6.45. The number of hydrogen-bond acceptors (Lipinski definition) is 6. The van der Waals surface area contributed by atoms with Crippen molar-refractivity contribution in [2.45, 2.75) is 45.1 Å². The van der Waals surface area contributed by atoms with E-state index in [9.17, 15) is 5.11 Å². The fourth-order valence-corrected chi connectivity index (χ4v) is 4.05. The Bertz CT molecular complexity index is 1220. The summed E-state index contributed by atoms with van der Waals surface area (Å²) in [6, 6.07) is 10.2. The number of imidazole rings is 1. The van der Waals surface area contributed by atoms with Crippen LogP contribution in [0.4, 0.5) is 0 Å². The van der Waals surface area contributed by atoms with E-state index in [1.807, 2.05) is 31.2 Å². The van der Waals surface area contributed by atoms with Crippen molar-refractivity contribution in [2.24, 2.45) is 7.05 Å². The van der Waals surface area contributed by atoms with Crippen LogP contribution in [0.3, 0.4) is 0 Å². The zero-order chi connectivity index (χ0) is 20.3. The predicted molar refractivity (Wildman–Crippen MR) is 108 cm³/mol. The fraction of sp³-hybridized carbons (Fsp3) is 0.381. The molecular weight excluding hydrogens is 366 g/mol. The Kier molecular flexibility index (Phi) is 3.99. The van der Waals surface area contributed by atoms with Crippen molar-refractivity contribution in [3.63, 3.8) is 0 Å². The maximum absolute atomic E-state index is 10.1. The Balaban J connectivity index is 1.51. The highest BCUT2D eigenvalue weighted by Gasteiger charge is 2.44. The van der Waals surface area contributed by atoms with E-state index >= 15 is 0 Å². The SMILES string of the molecule is Cc1nc([C@@H]2CC2c2nc3ccccc3n2C)cc(-n2nc(C)nc2[C@@H](C)O)n1. The Morgan fingerprint density at radius 1 is 1.03 bits per heavy atom. The molecule has 148 valence electrons. The van der Waals surface area contributed by atoms with Gasteiger partial charge < -0.3 is 9.67 Å². The van der Waals surface area contributed by atoms with Gasteiger partial charge in [-0.3, -0.25) is 0 Å². The molecule has 8 nitrogen and oxygen atoms in total. The van der Waals surface area contributed by atoms with Crippen LogP contribution in [-0.4, -0.2) is 39.4 Å². The summed E-state index contributed by atoms with van der Waals surface area (Å²) in [6.45, 7) is 5.36. The van der Waals surface area contributed by atoms with Crippen LogP contribution in [0, 0.1) is 13.8 Å². The van der Waals surface area contributed by atoms with Gasteiger partial charge >= 0.3 is 0 Å². The number of fused-ring (bicyclic) bond motifs is 1. The number of aromatic nitrogens is 7. The first-order valence-corrected chi connectivity index (χ1v) is 9.81. The van der Waals surface area contributed by atoms with Crippen LogP contribution in [0.15, 0.2) is 30.3 Å². The van der Waals surface area contributed by atoms with Crippen molar-refractivity contribution in [3.8, 4) is 5.82 Å². The summed E-state index contributed by atoms with van der Waals surface area (Å²) in [6.07, 6.45) is 0.274. The van der Waals surface area contributed by atoms with E-state index in [-0.39, 0.29) is 0 Å². The summed E-state index contributed by atoms with van der Waals surface area (Å²) in [5, 5.41) is 14.5. The van der Waals surface area contributed by atoms with Gasteiger partial charge in [-0.15, -0.1) is 5.10 Å². The average molecular weight is 389 g/mol. The summed E-state index contributed by atoms with van der Waals surface area (Å²) in [4.78, 5) is 18.4. The number of nitrogens with zero attached hydrogens (tertiary/aromatic N) is 7. The Morgan fingerprint density at radius 3 is 2.59 bits per heavy atom. The standard InChI is InChI=1S/C21H23N7O/c1-11(29)20-24-13(3)26-28(20)19-10-17(22-12(2)23-19)14-9-15(14)21-25-16-7-5-6-8-18(16)27(21)4/h5-8,10-11,14-15,29H,9H2,1-4H3/t11-,14-,15?/m1/s1. The van der Waals surface area contributed by atoms with Crippen molar-refractivity contribution < 1.29 is 5.11 Å². The molecular formula is C21H23N7O. The monoisotopic (exact) mass is 389 g/mol. The normalized spacial score (nSPS) is 19.6. The van der Waals surface area contributed by atoms with Crippen LogP contribution in [0.2, 0.25) is 0 Å². The second-order valence-corrected chi connectivity index (χ2v) is 7.77. The molecule has 29 heavy (non-hydrogen) atoms. The molecule has 1 aliphatic rings. The van der Waals surface area contributed by atoms with Gasteiger partial charge in [0.2, 0.25) is 0 Å². The van der Waals surface area contributed by atoms with Crippen LogP contribution in [-0.2, 0) is 7.05 Å². The van der Waals surface area contributed by atoms with Gasteiger partial charge in [0, 0.05) is 24.9 Å². The molecule has 1 fully saturated rings. The molecule has 0 radical (unpaired) electrons. The molecule has 0 saturated heterocycles. The van der Waals surface area contributed by atoms with E-state index in [1.165, 1.54) is 0 Å². The van der Waals surface area contributed by atoms with E-state index in [1.54, 1.807) is 18.5 Å². The minimum absolute atomic E-state index is 0.297. The van der Waals surface area contributed by atoms with Crippen LogP contribution >= 0.6 is 0 Å². The smallest absolute Gasteiger partial charge is 0.162 e. The van der Waals surface area contributed by atoms with Gasteiger partial charge in [0.1, 0.15) is 23.6 Å². The minimum atomic E-state index is -0.733. The molecule has 3 atom stereocenters. The van der Waals surface area contributed by atoms with Gasteiger partial charge in [0.25, 0.3) is 0 Å². The molecule has 0 bridgehead atoms. The van der Waals surface area contributed by atoms with Gasteiger partial charge in [0.15, 0.2) is 11.6 Å². The van der Waals surface area contributed by atoms with E-state index in [0.29, 0.717) is 35.1 Å². The van der Waals surface area contributed by atoms with Gasteiger partial charge in [-0.05, 0) is 39.3 Å². The fourth-order valence-electron chi connectivity index (χ4n) is 4.05. The van der Waals surface area contributed by atoms with Crippen molar-refractivity contribution in [1.82, 2.24) is 34.3 Å². The molecule has 0 spiro atoms. The number of aryl methyl sites for hydroxylation is 3. The number of hydrogen-bond donors (Lipinski definition) is 1. The summed E-state index contributed by atoms with van der Waals surface area (Å²) in [7, 11) is 2.07. The number of para-hydroxylation sites is 2. The number of aliphatic hydroxyl groups is 1. The zero-order valence-electron chi connectivity index (χ0n) is 16.9. The van der Waals surface area contributed by atoms with Gasteiger partial charge in [-0.1, -0.05) is 12.1 Å². The molecule has 1 saturated carbocycles. The van der Waals surface area contributed by atoms with Crippen LogP contribution in [0.25, 0.3) is 16.9 Å². The summed E-state index contributed by atoms with van der Waals surface area (Å²) in [5.41, 5.74) is 3.15. The molecule has 8 heteroatoms. The lowest BCUT2D eigenvalue weighted by atomic mass is 10.2. The summed E-state index contributed by atoms with van der Waals surface area (Å²) in [5.74, 6) is 4.12. The Hall–Kier alpha value is -3.13. The first kappa shape index (κ1) is 17.9. The van der Waals surface area contributed by atoms with Gasteiger partial charge in [-0.25, -0.2) is 19.9 Å². The predicted octanol–water partition coefficient (Wildman–Crippen LogP) is 2.89. The highest BCUT2D eigenvalue weighted by molar-refractivity contribution is 5.76. The average Bonchev–Trinajstić information content (AvgIpc) is 3.28. The van der Waals surface area contributed by atoms with E-state index in [4.69, 9.17) is 4.98 Å². The maximum atomic E-state index is 10.1. The molecule has 1 N–H and O–H groups in total. The van der Waals surface area contributed by atoms with Crippen molar-refractivity contribution in [3.05, 3.63) is 59.3 Å². The topological polar surface area (TPSA) is 94.5 Å². The molecule has 0 aliphatic heterocycles. The minimum Gasteiger partial charge on any atom is -0.385 e. The molecule has 4 aromatic rings. The van der Waals surface area contributed by atoms with Crippen LogP contribution < -0.4 is 0 Å². The molecule has 5 rings (SSSR count). The lowest BCUT2D eigenvalue weighted by Gasteiger charge is -2.09. The number of benzene rings is 1. The van der Waals surface area contributed by atoms with E-state index < -0.39 is 6.10 Å². The number of aliphatic hydroxyl groups excluding tert-OH is 1. The Morgan fingerprint density at radius 2 is 1.83 bits per heavy atom. The summed E-state index contributed by atoms with van der Waals surface area (Å²) >= 11 is 0. The molecule has 1 unspecified atom stereocenters. The maximum Gasteiger partial charge on any atom is 0.162 e. The highest BCUT2D eigenvalue weighted by Crippen LogP contribution is 2.54. The van der Waals surface area contributed by atoms with Gasteiger partial charge in [-0.2, -0.15) is 4.68 Å². The zero-order valence-corrected chi connectivity index (χ0v) is 16.9. The molecule has 1 aliphatic carbocycles. The van der Waals surface area contributed by atoms with Crippen LogP contribution in [0.5, 0.6) is 0 Å². The molecule has 1 aromatic carbocycles. The Labute approximate surface area is 168 Å². The lowest BCUT2D eigenvalue weighted by Crippen LogP contribution is -2.10. The first-order valence-electron chi connectivity index (χ1n) is 9.81. The quantitative estimate of drug-likeness (QED) is 0.577. The van der Waals surface area contributed by atoms with E-state index in [2.05, 4.69) is 37.7 Å².